The summed E-state index contributed by atoms with van der Waals surface area (Å²) in [6, 6.07) is 12.0. The topological polar surface area (TPSA) is 120 Å². The Bertz CT molecular complexity index is 1700. The number of hydrogen-bond acceptors (Lipinski definition) is 6. The molecular weight excluding hydrogens is 451 g/mol. The molecule has 0 unspecified atom stereocenters. The van der Waals surface area contributed by atoms with E-state index in [0.29, 0.717) is 11.1 Å². The SMILES string of the molecule is Cn1c(=O)c2c(nc(NC3=NS(=O)(=O)c4ccccc43)n2Cc2ccc(F)cc2)n(C)c1=O. The number of anilines is 1. The third-order valence-electron chi connectivity index (χ3n) is 5.46. The van der Waals surface area contributed by atoms with Crippen molar-refractivity contribution in [2.75, 3.05) is 5.32 Å². The Morgan fingerprint density at radius 1 is 1.00 bits per heavy atom. The largest absolute Gasteiger partial charge is 0.332 e. The Balaban J connectivity index is 1.73. The molecule has 0 aliphatic carbocycles. The highest BCUT2D eigenvalue weighted by atomic mass is 32.2. The molecule has 0 amide bonds. The first-order chi connectivity index (χ1) is 15.7. The Morgan fingerprint density at radius 3 is 2.42 bits per heavy atom. The number of benzene rings is 2. The van der Waals surface area contributed by atoms with Gasteiger partial charge in [0.25, 0.3) is 15.6 Å². The molecule has 1 aliphatic rings. The van der Waals surface area contributed by atoms with Gasteiger partial charge in [-0.2, -0.15) is 13.4 Å². The third kappa shape index (κ3) is 3.26. The van der Waals surface area contributed by atoms with Crippen molar-refractivity contribution in [3.63, 3.8) is 0 Å². The van der Waals surface area contributed by atoms with Crippen LogP contribution in [-0.2, 0) is 30.7 Å². The maximum absolute atomic E-state index is 13.4. The third-order valence-corrected chi connectivity index (χ3v) is 6.80. The van der Waals surface area contributed by atoms with Crippen LogP contribution in [0.25, 0.3) is 11.2 Å². The fraction of sp³-hybridized carbons (Fsp3) is 0.143. The lowest BCUT2D eigenvalue weighted by Gasteiger charge is -2.11. The van der Waals surface area contributed by atoms with Crippen molar-refractivity contribution in [3.05, 3.63) is 86.3 Å². The van der Waals surface area contributed by atoms with Gasteiger partial charge in [-0.25, -0.2) is 9.18 Å². The number of aryl methyl sites for hydroxylation is 1. The Morgan fingerprint density at radius 2 is 1.70 bits per heavy atom. The highest BCUT2D eigenvalue weighted by Gasteiger charge is 2.30. The molecule has 0 atom stereocenters. The van der Waals surface area contributed by atoms with Gasteiger partial charge in [0.1, 0.15) is 10.7 Å². The fourth-order valence-electron chi connectivity index (χ4n) is 3.77. The van der Waals surface area contributed by atoms with Crippen molar-refractivity contribution in [1.29, 1.82) is 0 Å². The van der Waals surface area contributed by atoms with E-state index in [-0.39, 0.29) is 34.4 Å². The minimum atomic E-state index is -3.89. The lowest BCUT2D eigenvalue weighted by atomic mass is 10.2. The summed E-state index contributed by atoms with van der Waals surface area (Å²) in [4.78, 5) is 29.9. The van der Waals surface area contributed by atoms with Gasteiger partial charge in [-0.15, -0.1) is 4.40 Å². The van der Waals surface area contributed by atoms with E-state index in [2.05, 4.69) is 14.7 Å². The number of rotatable bonds is 3. The second-order valence-corrected chi connectivity index (χ2v) is 9.13. The maximum Gasteiger partial charge on any atom is 0.332 e. The first-order valence-corrected chi connectivity index (χ1v) is 11.2. The van der Waals surface area contributed by atoms with Crippen LogP contribution in [0.15, 0.2) is 67.4 Å². The van der Waals surface area contributed by atoms with Crippen LogP contribution >= 0.6 is 0 Å². The minimum Gasteiger partial charge on any atom is -0.309 e. The zero-order chi connectivity index (χ0) is 23.5. The van der Waals surface area contributed by atoms with Crippen molar-refractivity contribution in [3.8, 4) is 0 Å². The molecule has 12 heteroatoms. The van der Waals surface area contributed by atoms with E-state index in [4.69, 9.17) is 0 Å². The number of hydrogen-bond donors (Lipinski definition) is 1. The van der Waals surface area contributed by atoms with Crippen molar-refractivity contribution < 1.29 is 12.8 Å². The zero-order valence-corrected chi connectivity index (χ0v) is 18.3. The maximum atomic E-state index is 13.4. The summed E-state index contributed by atoms with van der Waals surface area (Å²) < 4.78 is 45.8. The molecule has 33 heavy (non-hydrogen) atoms. The first kappa shape index (κ1) is 20.8. The Labute approximate surface area is 186 Å². The molecule has 5 rings (SSSR count). The molecule has 1 N–H and O–H groups in total. The van der Waals surface area contributed by atoms with Gasteiger partial charge >= 0.3 is 5.69 Å². The Hall–Kier alpha value is -4.06. The first-order valence-electron chi connectivity index (χ1n) is 9.79. The summed E-state index contributed by atoms with van der Waals surface area (Å²) in [7, 11) is -1.05. The van der Waals surface area contributed by atoms with E-state index in [0.717, 1.165) is 4.57 Å². The van der Waals surface area contributed by atoms with Gasteiger partial charge in [0, 0.05) is 19.7 Å². The number of amidine groups is 1. The van der Waals surface area contributed by atoms with E-state index >= 15 is 0 Å². The van der Waals surface area contributed by atoms with E-state index in [1.54, 1.807) is 30.3 Å². The van der Waals surface area contributed by atoms with Crippen LogP contribution in [0.4, 0.5) is 10.3 Å². The van der Waals surface area contributed by atoms with E-state index in [9.17, 15) is 22.4 Å². The predicted octanol–water partition coefficient (Wildman–Crippen LogP) is 1.18. The number of aromatic nitrogens is 4. The Kier molecular flexibility index (Phi) is 4.57. The molecule has 168 valence electrons. The predicted molar refractivity (Wildman–Crippen MR) is 120 cm³/mol. The highest BCUT2D eigenvalue weighted by Crippen LogP contribution is 2.27. The summed E-state index contributed by atoms with van der Waals surface area (Å²) in [6.07, 6.45) is 0. The second-order valence-electron chi connectivity index (χ2n) is 7.56. The van der Waals surface area contributed by atoms with Crippen molar-refractivity contribution in [1.82, 2.24) is 18.7 Å². The van der Waals surface area contributed by atoms with E-state index in [1.165, 1.54) is 41.4 Å². The molecule has 4 aromatic rings. The lowest BCUT2D eigenvalue weighted by Crippen LogP contribution is -2.37. The number of sulfonamides is 1. The van der Waals surface area contributed by atoms with Gasteiger partial charge in [0.2, 0.25) is 5.95 Å². The standard InChI is InChI=1S/C21H17FN6O4S/c1-26-18-16(19(29)27(2)21(26)30)28(11-12-7-9-13(22)10-8-12)20(24-18)23-17-14-5-3-4-6-15(14)33(31,32)25-17/h3-10H,11H2,1-2H3,(H,23,24,25). The van der Waals surface area contributed by atoms with Crippen LogP contribution in [0.2, 0.25) is 0 Å². The molecule has 0 bridgehead atoms. The monoisotopic (exact) mass is 468 g/mol. The summed E-state index contributed by atoms with van der Waals surface area (Å²) in [5, 5.41) is 2.92. The van der Waals surface area contributed by atoms with Crippen molar-refractivity contribution >= 4 is 33.0 Å². The number of nitrogens with zero attached hydrogens (tertiary/aromatic N) is 5. The molecule has 0 saturated carbocycles. The molecule has 0 fully saturated rings. The molecule has 10 nitrogen and oxygen atoms in total. The zero-order valence-electron chi connectivity index (χ0n) is 17.5. The summed E-state index contributed by atoms with van der Waals surface area (Å²) in [6.45, 7) is 0.105. The smallest absolute Gasteiger partial charge is 0.309 e. The van der Waals surface area contributed by atoms with Gasteiger partial charge in [-0.1, -0.05) is 24.3 Å². The van der Waals surface area contributed by atoms with Crippen LogP contribution in [-0.4, -0.2) is 32.9 Å². The molecular formula is C21H17FN6O4S. The fourth-order valence-corrected chi connectivity index (χ4v) is 4.95. The van der Waals surface area contributed by atoms with Gasteiger partial charge < -0.3 is 5.32 Å². The molecule has 0 radical (unpaired) electrons. The number of halogens is 1. The van der Waals surface area contributed by atoms with Gasteiger partial charge in [-0.05, 0) is 29.8 Å². The molecule has 3 heterocycles. The van der Waals surface area contributed by atoms with Crippen LogP contribution < -0.4 is 16.6 Å². The van der Waals surface area contributed by atoms with Crippen LogP contribution in [0, 0.1) is 5.82 Å². The summed E-state index contributed by atoms with van der Waals surface area (Å²) in [5.41, 5.74) is 0.132. The second kappa shape index (κ2) is 7.24. The molecule has 0 saturated heterocycles. The number of nitrogens with one attached hydrogen (secondary N) is 1. The summed E-state index contributed by atoms with van der Waals surface area (Å²) in [5.74, 6) is -0.255. The molecule has 2 aromatic heterocycles. The lowest BCUT2D eigenvalue weighted by molar-refractivity contribution is 0.599. The number of imidazole rings is 1. The average Bonchev–Trinajstić information content (AvgIpc) is 3.27. The van der Waals surface area contributed by atoms with E-state index < -0.39 is 27.1 Å². The average molecular weight is 468 g/mol. The van der Waals surface area contributed by atoms with Crippen LogP contribution in [0.3, 0.4) is 0 Å². The normalized spacial score (nSPS) is 14.3. The van der Waals surface area contributed by atoms with E-state index in [1.807, 2.05) is 0 Å². The number of fused-ring (bicyclic) bond motifs is 2. The quantitative estimate of drug-likeness (QED) is 0.482. The molecule has 1 aliphatic heterocycles. The van der Waals surface area contributed by atoms with Crippen molar-refractivity contribution in [2.24, 2.45) is 18.5 Å². The highest BCUT2D eigenvalue weighted by molar-refractivity contribution is 7.90. The van der Waals surface area contributed by atoms with Gasteiger partial charge in [0.15, 0.2) is 17.0 Å². The molecule has 2 aromatic carbocycles. The van der Waals surface area contributed by atoms with Gasteiger partial charge in [0.05, 0.1) is 6.54 Å². The van der Waals surface area contributed by atoms with Gasteiger partial charge in [-0.3, -0.25) is 18.5 Å². The molecule has 0 spiro atoms. The van der Waals surface area contributed by atoms with Crippen LogP contribution in [0.5, 0.6) is 0 Å². The van der Waals surface area contributed by atoms with Crippen molar-refractivity contribution in [2.45, 2.75) is 11.4 Å². The summed E-state index contributed by atoms with van der Waals surface area (Å²) >= 11 is 0. The van der Waals surface area contributed by atoms with Crippen LogP contribution in [0.1, 0.15) is 11.1 Å². The minimum absolute atomic E-state index is 0.0445.